The average molecular weight is 508 g/mol. The lowest BCUT2D eigenvalue weighted by molar-refractivity contribution is 0.0836. The van der Waals surface area contributed by atoms with E-state index in [-0.39, 0.29) is 19.6 Å². The van der Waals surface area contributed by atoms with Crippen LogP contribution in [-0.2, 0) is 20.1 Å². The molecule has 0 amide bonds. The van der Waals surface area contributed by atoms with Crippen LogP contribution in [0.2, 0.25) is 0 Å². The molecule has 2 unspecified atom stereocenters. The predicted octanol–water partition coefficient (Wildman–Crippen LogP) is 5.03. The number of benzene rings is 1. The van der Waals surface area contributed by atoms with Crippen LogP contribution in [0.1, 0.15) is 26.3 Å². The van der Waals surface area contributed by atoms with E-state index in [9.17, 15) is 5.11 Å². The second kappa shape index (κ2) is 13.3. The third-order valence-electron chi connectivity index (χ3n) is 5.27. The predicted molar refractivity (Wildman–Crippen MR) is 135 cm³/mol. The molecule has 0 saturated carbocycles. The van der Waals surface area contributed by atoms with Gasteiger partial charge in [0.05, 0.1) is 18.2 Å². The van der Waals surface area contributed by atoms with Crippen molar-refractivity contribution in [2.24, 2.45) is 5.92 Å². The third-order valence-corrected chi connectivity index (χ3v) is 7.48. The lowest BCUT2D eigenvalue weighted by atomic mass is 10.1. The van der Waals surface area contributed by atoms with E-state index in [1.807, 2.05) is 44.3 Å². The number of hydrogen-bond acceptors (Lipinski definition) is 9. The van der Waals surface area contributed by atoms with Gasteiger partial charge in [0.25, 0.3) is 0 Å². The maximum Gasteiger partial charge on any atom is 0.335 e. The summed E-state index contributed by atoms with van der Waals surface area (Å²) < 4.78 is 21.8. The molecule has 0 spiro atoms. The maximum absolute atomic E-state index is 10.2. The molecule has 0 saturated heterocycles. The Balaban J connectivity index is 1.79. The van der Waals surface area contributed by atoms with Crippen LogP contribution in [0.15, 0.2) is 64.4 Å². The summed E-state index contributed by atoms with van der Waals surface area (Å²) in [6.45, 7) is 7.51. The highest BCUT2D eigenvalue weighted by molar-refractivity contribution is 8.03. The minimum atomic E-state index is -1.41. The molecule has 186 valence electrons. The molecular formula is C24H34N3O5PS. The quantitative estimate of drug-likeness (QED) is 0.297. The summed E-state index contributed by atoms with van der Waals surface area (Å²) in [5.41, 5.74) is 2.35. The van der Waals surface area contributed by atoms with Crippen LogP contribution < -0.4 is 4.74 Å². The zero-order chi connectivity index (χ0) is 24.5. The van der Waals surface area contributed by atoms with Crippen LogP contribution in [0.25, 0.3) is 0 Å². The van der Waals surface area contributed by atoms with Gasteiger partial charge in [0.1, 0.15) is 11.9 Å². The van der Waals surface area contributed by atoms with Gasteiger partial charge in [-0.25, -0.2) is 0 Å². The Morgan fingerprint density at radius 2 is 1.94 bits per heavy atom. The van der Waals surface area contributed by atoms with Gasteiger partial charge in [0.2, 0.25) is 0 Å². The minimum absolute atomic E-state index is 0.0324. The number of rotatable bonds is 13. The van der Waals surface area contributed by atoms with Crippen molar-refractivity contribution < 1.29 is 23.4 Å². The first-order valence-corrected chi connectivity index (χ1v) is 13.1. The monoisotopic (exact) mass is 507 g/mol. The standard InChI is InChI=1S/C24H34N3O5PS/c1-6-31-33(29-5)32-17-30-20-8-7-9-21(14-20)34-24-23(18(2)3)26(4)22(16-28)27(24)15-19-10-12-25-13-11-19/h7-14,18,22,28H,6,15-17H2,1-5H3. The number of aromatic nitrogens is 1. The Bertz CT molecular complexity index is 934. The van der Waals surface area contributed by atoms with Gasteiger partial charge in [-0.1, -0.05) is 31.7 Å². The Hall–Kier alpha value is -1.87. The average Bonchev–Trinajstić information content (AvgIpc) is 3.09. The Kier molecular flexibility index (Phi) is 10.4. The number of pyridine rings is 1. The largest absolute Gasteiger partial charge is 0.467 e. The van der Waals surface area contributed by atoms with Crippen molar-refractivity contribution in [3.8, 4) is 5.75 Å². The molecule has 2 heterocycles. The fourth-order valence-electron chi connectivity index (χ4n) is 3.78. The number of allylic oxidation sites excluding steroid dienone is 1. The van der Waals surface area contributed by atoms with E-state index in [4.69, 9.17) is 18.3 Å². The van der Waals surface area contributed by atoms with Gasteiger partial charge in [-0.2, -0.15) is 0 Å². The van der Waals surface area contributed by atoms with Crippen molar-refractivity contribution >= 4 is 20.4 Å². The first-order valence-electron chi connectivity index (χ1n) is 11.2. The third kappa shape index (κ3) is 6.84. The van der Waals surface area contributed by atoms with Gasteiger partial charge in [0.15, 0.2) is 6.79 Å². The highest BCUT2D eigenvalue weighted by atomic mass is 32.2. The number of likely N-dealkylation sites (N-methyl/N-ethyl adjacent to an activating group) is 1. The van der Waals surface area contributed by atoms with E-state index in [2.05, 4.69) is 34.7 Å². The van der Waals surface area contributed by atoms with Gasteiger partial charge in [0, 0.05) is 43.7 Å². The lowest BCUT2D eigenvalue weighted by Gasteiger charge is -2.31. The lowest BCUT2D eigenvalue weighted by Crippen LogP contribution is -2.41. The summed E-state index contributed by atoms with van der Waals surface area (Å²) in [5, 5.41) is 11.4. The van der Waals surface area contributed by atoms with Crippen molar-refractivity contribution in [2.45, 2.75) is 38.4 Å². The molecule has 2 atom stereocenters. The van der Waals surface area contributed by atoms with Crippen molar-refractivity contribution in [1.29, 1.82) is 0 Å². The van der Waals surface area contributed by atoms with Gasteiger partial charge in [-0.3, -0.25) is 9.51 Å². The molecule has 0 fully saturated rings. The van der Waals surface area contributed by atoms with E-state index in [1.54, 1.807) is 31.3 Å². The summed E-state index contributed by atoms with van der Waals surface area (Å²) in [7, 11) is 2.19. The molecule has 1 N–H and O–H groups in total. The van der Waals surface area contributed by atoms with Gasteiger partial charge >= 0.3 is 8.60 Å². The Labute approximate surface area is 207 Å². The fourth-order valence-corrected chi connectivity index (χ4v) is 5.74. The smallest absolute Gasteiger partial charge is 0.335 e. The molecule has 1 aromatic carbocycles. The topological polar surface area (TPSA) is 76.5 Å². The summed E-state index contributed by atoms with van der Waals surface area (Å²) in [4.78, 5) is 9.62. The second-order valence-electron chi connectivity index (χ2n) is 7.89. The zero-order valence-corrected chi connectivity index (χ0v) is 22.1. The highest BCUT2D eigenvalue weighted by Crippen LogP contribution is 2.43. The number of nitrogens with zero attached hydrogens (tertiary/aromatic N) is 3. The fraction of sp³-hybridized carbons (Fsp3) is 0.458. The van der Waals surface area contributed by atoms with Crippen molar-refractivity contribution in [3.63, 3.8) is 0 Å². The molecule has 3 rings (SSSR count). The number of thioether (sulfide) groups is 1. The first-order chi connectivity index (χ1) is 16.5. The first kappa shape index (κ1) is 26.7. The van der Waals surface area contributed by atoms with E-state index in [0.29, 0.717) is 24.8 Å². The van der Waals surface area contributed by atoms with E-state index >= 15 is 0 Å². The second-order valence-corrected chi connectivity index (χ2v) is 10.3. The number of hydrogen-bond donors (Lipinski definition) is 1. The van der Waals surface area contributed by atoms with Crippen LogP contribution >= 0.6 is 20.4 Å². The SMILES string of the molecule is CCOP(OC)OCOc1cccc(SC2=C(C(C)C)N(C)C(CO)N2Cc2ccncc2)c1. The minimum Gasteiger partial charge on any atom is -0.467 e. The summed E-state index contributed by atoms with van der Waals surface area (Å²) in [5.74, 6) is 0.994. The maximum atomic E-state index is 10.2. The van der Waals surface area contributed by atoms with E-state index in [0.717, 1.165) is 15.5 Å². The van der Waals surface area contributed by atoms with Gasteiger partial charge in [-0.15, -0.1) is 0 Å². The summed E-state index contributed by atoms with van der Waals surface area (Å²) in [6, 6.07) is 11.9. The molecule has 10 heteroatoms. The molecule has 0 bridgehead atoms. The summed E-state index contributed by atoms with van der Waals surface area (Å²) >= 11 is 1.68. The number of ether oxygens (including phenoxy) is 1. The zero-order valence-electron chi connectivity index (χ0n) is 20.4. The molecule has 0 radical (unpaired) electrons. The molecule has 8 nitrogen and oxygen atoms in total. The van der Waals surface area contributed by atoms with Crippen molar-refractivity contribution in [2.75, 3.05) is 34.2 Å². The van der Waals surface area contributed by atoms with Crippen LogP contribution in [0.5, 0.6) is 5.75 Å². The van der Waals surface area contributed by atoms with Crippen molar-refractivity contribution in [3.05, 3.63) is 65.1 Å². The normalized spacial score (nSPS) is 17.1. The molecule has 1 aliphatic rings. The molecule has 2 aromatic rings. The van der Waals surface area contributed by atoms with Gasteiger partial charge in [-0.05, 0) is 48.7 Å². The van der Waals surface area contributed by atoms with Gasteiger partial charge < -0.3 is 28.7 Å². The Morgan fingerprint density at radius 3 is 2.59 bits per heavy atom. The number of aliphatic hydroxyl groups excluding tert-OH is 1. The summed E-state index contributed by atoms with van der Waals surface area (Å²) in [6.07, 6.45) is 3.47. The Morgan fingerprint density at radius 1 is 1.18 bits per heavy atom. The van der Waals surface area contributed by atoms with Crippen LogP contribution in [0.3, 0.4) is 0 Å². The van der Waals surface area contributed by atoms with Crippen LogP contribution in [-0.4, -0.2) is 60.2 Å². The van der Waals surface area contributed by atoms with E-state index < -0.39 is 8.60 Å². The van der Waals surface area contributed by atoms with Crippen LogP contribution in [0, 0.1) is 5.92 Å². The van der Waals surface area contributed by atoms with Crippen molar-refractivity contribution in [1.82, 2.24) is 14.8 Å². The molecule has 0 aliphatic carbocycles. The highest BCUT2D eigenvalue weighted by Gasteiger charge is 2.37. The molecule has 34 heavy (non-hydrogen) atoms. The van der Waals surface area contributed by atoms with E-state index in [1.165, 1.54) is 5.70 Å². The molecule has 1 aromatic heterocycles. The molecule has 1 aliphatic heterocycles. The molecular weight excluding hydrogens is 473 g/mol. The van der Waals surface area contributed by atoms with Crippen LogP contribution in [0.4, 0.5) is 0 Å². The number of aliphatic hydroxyl groups is 1.